The first-order valence-corrected chi connectivity index (χ1v) is 13.7. The Morgan fingerprint density at radius 3 is 1.57 bits per heavy atom. The number of rotatable bonds is 1. The van der Waals surface area contributed by atoms with Gasteiger partial charge < -0.3 is 4.42 Å². The van der Waals surface area contributed by atoms with E-state index in [-0.39, 0.29) is 5.63 Å². The smallest absolute Gasteiger partial charge is 0.344 e. The third-order valence-corrected chi connectivity index (χ3v) is 8.96. The van der Waals surface area contributed by atoms with Gasteiger partial charge in [-0.1, -0.05) is 121 Å². The van der Waals surface area contributed by atoms with Crippen molar-refractivity contribution in [2.75, 3.05) is 0 Å². The van der Waals surface area contributed by atoms with Crippen molar-refractivity contribution in [2.24, 2.45) is 0 Å². The molecule has 0 unspecified atom stereocenters. The van der Waals surface area contributed by atoms with E-state index in [0.717, 1.165) is 21.9 Å². The SMILES string of the molecule is O=c1oc2c(-c3ccc4c(c3)C3(c5ccccc5-c5ccccc53)c3ccccc3-4)cccc2c2ccccc12. The van der Waals surface area contributed by atoms with Gasteiger partial charge in [0.2, 0.25) is 0 Å². The van der Waals surface area contributed by atoms with Crippen LogP contribution in [0.1, 0.15) is 22.3 Å². The van der Waals surface area contributed by atoms with Gasteiger partial charge in [-0.2, -0.15) is 0 Å². The van der Waals surface area contributed by atoms with Gasteiger partial charge in [0.05, 0.1) is 10.8 Å². The summed E-state index contributed by atoms with van der Waals surface area (Å²) >= 11 is 0. The van der Waals surface area contributed by atoms with Crippen LogP contribution in [-0.2, 0) is 5.41 Å². The lowest BCUT2D eigenvalue weighted by molar-refractivity contribution is 0.570. The van der Waals surface area contributed by atoms with Gasteiger partial charge in [0.15, 0.2) is 0 Å². The van der Waals surface area contributed by atoms with Crippen molar-refractivity contribution in [1.29, 1.82) is 0 Å². The molecule has 1 heterocycles. The summed E-state index contributed by atoms with van der Waals surface area (Å²) in [5, 5.41) is 2.47. The molecular weight excluding hydrogens is 488 g/mol. The van der Waals surface area contributed by atoms with Crippen molar-refractivity contribution < 1.29 is 4.42 Å². The molecule has 7 aromatic rings. The number of benzene rings is 6. The molecule has 2 aliphatic rings. The molecule has 40 heavy (non-hydrogen) atoms. The minimum Gasteiger partial charge on any atom is -0.422 e. The molecular formula is C38H22O2. The van der Waals surface area contributed by atoms with E-state index in [0.29, 0.717) is 11.0 Å². The van der Waals surface area contributed by atoms with E-state index >= 15 is 0 Å². The predicted molar refractivity (Wildman–Crippen MR) is 162 cm³/mol. The highest BCUT2D eigenvalue weighted by Gasteiger charge is 2.51. The van der Waals surface area contributed by atoms with E-state index < -0.39 is 5.41 Å². The zero-order chi connectivity index (χ0) is 26.4. The van der Waals surface area contributed by atoms with Gasteiger partial charge in [0.1, 0.15) is 5.58 Å². The minimum absolute atomic E-state index is 0.306. The third kappa shape index (κ3) is 2.56. The lowest BCUT2D eigenvalue weighted by atomic mass is 9.70. The van der Waals surface area contributed by atoms with Gasteiger partial charge in [-0.15, -0.1) is 0 Å². The van der Waals surface area contributed by atoms with Crippen molar-refractivity contribution >= 4 is 21.7 Å². The van der Waals surface area contributed by atoms with Gasteiger partial charge in [-0.25, -0.2) is 4.79 Å². The molecule has 0 amide bonds. The third-order valence-electron chi connectivity index (χ3n) is 8.96. The molecule has 186 valence electrons. The lowest BCUT2D eigenvalue weighted by Gasteiger charge is -2.30. The summed E-state index contributed by atoms with van der Waals surface area (Å²) in [7, 11) is 0. The fourth-order valence-electron chi connectivity index (χ4n) is 7.39. The molecule has 0 aliphatic heterocycles. The number of para-hydroxylation sites is 1. The first-order chi connectivity index (χ1) is 19.8. The van der Waals surface area contributed by atoms with Crippen molar-refractivity contribution in [3.8, 4) is 33.4 Å². The van der Waals surface area contributed by atoms with E-state index in [1.165, 1.54) is 44.5 Å². The number of hydrogen-bond donors (Lipinski definition) is 0. The molecule has 0 atom stereocenters. The van der Waals surface area contributed by atoms with E-state index in [1.807, 2.05) is 30.3 Å². The lowest BCUT2D eigenvalue weighted by Crippen LogP contribution is -2.25. The van der Waals surface area contributed by atoms with Gasteiger partial charge in [0, 0.05) is 10.9 Å². The van der Waals surface area contributed by atoms with Crippen molar-refractivity contribution in [3.05, 3.63) is 166 Å². The van der Waals surface area contributed by atoms with Crippen LogP contribution in [0.4, 0.5) is 0 Å². The maximum Gasteiger partial charge on any atom is 0.344 e. The van der Waals surface area contributed by atoms with Crippen LogP contribution in [0.5, 0.6) is 0 Å². The summed E-state index contributed by atoms with van der Waals surface area (Å²) in [6.45, 7) is 0. The van der Waals surface area contributed by atoms with Gasteiger partial charge in [-0.05, 0) is 67.6 Å². The highest BCUT2D eigenvalue weighted by Crippen LogP contribution is 2.63. The maximum absolute atomic E-state index is 13.0. The molecule has 2 aliphatic carbocycles. The molecule has 9 rings (SSSR count). The van der Waals surface area contributed by atoms with Crippen LogP contribution in [0.25, 0.3) is 55.1 Å². The Labute approximate surface area is 230 Å². The highest BCUT2D eigenvalue weighted by atomic mass is 16.4. The van der Waals surface area contributed by atoms with Gasteiger partial charge in [0.25, 0.3) is 0 Å². The van der Waals surface area contributed by atoms with Crippen LogP contribution < -0.4 is 5.63 Å². The first kappa shape index (κ1) is 21.7. The summed E-state index contributed by atoms with van der Waals surface area (Å²) < 4.78 is 6.02. The van der Waals surface area contributed by atoms with E-state index in [1.54, 1.807) is 0 Å². The fourth-order valence-corrected chi connectivity index (χ4v) is 7.39. The van der Waals surface area contributed by atoms with Crippen molar-refractivity contribution in [3.63, 3.8) is 0 Å². The van der Waals surface area contributed by atoms with Crippen LogP contribution in [0.15, 0.2) is 143 Å². The van der Waals surface area contributed by atoms with Gasteiger partial charge >= 0.3 is 5.63 Å². The standard InChI is InChI=1S/C38H22O2/c39-37-31-14-2-1-10-25(31)30-16-9-15-24(36(30)40-37)23-20-21-29-28-13-5-8-19-34(28)38(35(29)22-23)32-17-6-3-11-26(32)27-12-4-7-18-33(27)38/h1-22H. The zero-order valence-electron chi connectivity index (χ0n) is 21.5. The predicted octanol–water partition coefficient (Wildman–Crippen LogP) is 8.96. The number of fused-ring (bicyclic) bond motifs is 13. The zero-order valence-corrected chi connectivity index (χ0v) is 21.5. The molecule has 1 spiro atoms. The highest BCUT2D eigenvalue weighted by molar-refractivity contribution is 6.08. The maximum atomic E-state index is 13.0. The Hall–Kier alpha value is -5.21. The average molecular weight is 511 g/mol. The topological polar surface area (TPSA) is 30.2 Å². The summed E-state index contributed by atoms with van der Waals surface area (Å²) in [4.78, 5) is 13.0. The molecule has 2 heteroatoms. The molecule has 0 N–H and O–H groups in total. The van der Waals surface area contributed by atoms with E-state index in [9.17, 15) is 4.79 Å². The Kier molecular flexibility index (Phi) is 4.16. The molecule has 0 saturated heterocycles. The van der Waals surface area contributed by atoms with Gasteiger partial charge in [-0.3, -0.25) is 0 Å². The second-order valence-electron chi connectivity index (χ2n) is 10.8. The van der Waals surface area contributed by atoms with Crippen LogP contribution >= 0.6 is 0 Å². The van der Waals surface area contributed by atoms with Crippen molar-refractivity contribution in [1.82, 2.24) is 0 Å². The second kappa shape index (κ2) is 7.68. The van der Waals surface area contributed by atoms with Crippen molar-refractivity contribution in [2.45, 2.75) is 5.41 Å². The molecule has 1 aromatic heterocycles. The monoisotopic (exact) mass is 510 g/mol. The number of hydrogen-bond acceptors (Lipinski definition) is 2. The summed E-state index contributed by atoms with van der Waals surface area (Å²) in [5.74, 6) is 0. The Balaban J connectivity index is 1.39. The quantitative estimate of drug-likeness (QED) is 0.163. The van der Waals surface area contributed by atoms with Crippen LogP contribution in [0.2, 0.25) is 0 Å². The second-order valence-corrected chi connectivity index (χ2v) is 10.8. The van der Waals surface area contributed by atoms with E-state index in [2.05, 4.69) is 103 Å². The molecule has 6 aromatic carbocycles. The molecule has 0 bridgehead atoms. The Bertz CT molecular complexity index is 2190. The van der Waals surface area contributed by atoms with Crippen LogP contribution in [0.3, 0.4) is 0 Å². The fraction of sp³-hybridized carbons (Fsp3) is 0.0263. The van der Waals surface area contributed by atoms with E-state index in [4.69, 9.17) is 4.42 Å². The Morgan fingerprint density at radius 2 is 0.925 bits per heavy atom. The summed E-state index contributed by atoms with van der Waals surface area (Å²) in [5.41, 5.74) is 12.2. The molecule has 2 nitrogen and oxygen atoms in total. The summed E-state index contributed by atoms with van der Waals surface area (Å²) in [6.07, 6.45) is 0. The largest absolute Gasteiger partial charge is 0.422 e. The van der Waals surface area contributed by atoms with Crippen LogP contribution in [-0.4, -0.2) is 0 Å². The normalized spacial score (nSPS) is 13.8. The molecule has 0 saturated carbocycles. The minimum atomic E-state index is -0.409. The average Bonchev–Trinajstić information content (AvgIpc) is 3.48. The molecule has 0 fully saturated rings. The summed E-state index contributed by atoms with van der Waals surface area (Å²) in [6, 6.07) is 47.1. The molecule has 0 radical (unpaired) electrons. The van der Waals surface area contributed by atoms with Crippen LogP contribution in [0, 0.1) is 0 Å². The first-order valence-electron chi connectivity index (χ1n) is 13.7. The Morgan fingerprint density at radius 1 is 0.425 bits per heavy atom.